The number of rotatable bonds is 4. The Labute approximate surface area is 100 Å². The molecule has 0 heterocycles. The van der Waals surface area contributed by atoms with Crippen LogP contribution in [-0.2, 0) is 9.59 Å². The minimum absolute atomic E-state index is 0.292. The summed E-state index contributed by atoms with van der Waals surface area (Å²) in [5.74, 6) is -3.01. The van der Waals surface area contributed by atoms with Crippen molar-refractivity contribution >= 4 is 11.9 Å². The van der Waals surface area contributed by atoms with Gasteiger partial charge in [-0.15, -0.1) is 0 Å². The fourth-order valence-corrected chi connectivity index (χ4v) is 2.68. The maximum absolute atomic E-state index is 11.4. The topological polar surface area (TPSA) is 94.8 Å². The molecule has 5 nitrogen and oxygen atoms in total. The maximum Gasteiger partial charge on any atom is 0.336 e. The Balaban J connectivity index is 3.12. The van der Waals surface area contributed by atoms with E-state index < -0.39 is 23.0 Å². The summed E-state index contributed by atoms with van der Waals surface area (Å²) in [5.41, 5.74) is -3.89. The molecule has 5 heteroatoms. The monoisotopic (exact) mass is 244 g/mol. The molecule has 0 bridgehead atoms. The molecule has 2 atom stereocenters. The van der Waals surface area contributed by atoms with Crippen molar-refractivity contribution in [1.29, 1.82) is 0 Å². The lowest BCUT2D eigenvalue weighted by Gasteiger charge is -2.43. The van der Waals surface area contributed by atoms with E-state index in [1.807, 2.05) is 0 Å². The van der Waals surface area contributed by atoms with Crippen LogP contribution in [0.1, 0.15) is 46.0 Å². The van der Waals surface area contributed by atoms with Crippen LogP contribution in [0.25, 0.3) is 0 Å². The number of hydrogen-bond acceptors (Lipinski definition) is 3. The number of hydrogen-bond donors (Lipinski definition) is 3. The lowest BCUT2D eigenvalue weighted by Crippen LogP contribution is -2.58. The van der Waals surface area contributed by atoms with Gasteiger partial charge in [0.1, 0.15) is 5.41 Å². The molecule has 1 rings (SSSR count). The SMILES string of the molecule is CC(O)(C(=O)O)C(C)(C(=O)O)C1CCCCC1. The van der Waals surface area contributed by atoms with E-state index in [-0.39, 0.29) is 5.92 Å². The van der Waals surface area contributed by atoms with Crippen molar-refractivity contribution in [3.63, 3.8) is 0 Å². The fraction of sp³-hybridized carbons (Fsp3) is 0.833. The van der Waals surface area contributed by atoms with Gasteiger partial charge in [-0.25, -0.2) is 4.79 Å². The lowest BCUT2D eigenvalue weighted by molar-refractivity contribution is -0.192. The average Bonchev–Trinajstić information content (AvgIpc) is 2.28. The summed E-state index contributed by atoms with van der Waals surface area (Å²) in [7, 11) is 0. The molecule has 0 aromatic carbocycles. The van der Waals surface area contributed by atoms with Gasteiger partial charge in [0.15, 0.2) is 5.60 Å². The predicted molar refractivity (Wildman–Crippen MR) is 60.6 cm³/mol. The number of carboxylic acids is 2. The second-order valence-electron chi connectivity index (χ2n) is 5.22. The van der Waals surface area contributed by atoms with Gasteiger partial charge in [-0.3, -0.25) is 4.79 Å². The lowest BCUT2D eigenvalue weighted by atomic mass is 9.61. The Morgan fingerprint density at radius 2 is 1.47 bits per heavy atom. The van der Waals surface area contributed by atoms with Crippen LogP contribution >= 0.6 is 0 Å². The summed E-state index contributed by atoms with van der Waals surface area (Å²) in [6.45, 7) is 2.43. The molecule has 0 aliphatic heterocycles. The summed E-state index contributed by atoms with van der Waals surface area (Å²) >= 11 is 0. The molecule has 17 heavy (non-hydrogen) atoms. The second kappa shape index (κ2) is 4.64. The van der Waals surface area contributed by atoms with E-state index in [2.05, 4.69) is 0 Å². The molecular weight excluding hydrogens is 224 g/mol. The van der Waals surface area contributed by atoms with Gasteiger partial charge in [-0.1, -0.05) is 19.3 Å². The molecule has 0 aromatic rings. The summed E-state index contributed by atoms with van der Waals surface area (Å²) in [6.07, 6.45) is 4.15. The summed E-state index contributed by atoms with van der Waals surface area (Å²) in [4.78, 5) is 22.5. The molecule has 1 fully saturated rings. The third kappa shape index (κ3) is 2.16. The van der Waals surface area contributed by atoms with Crippen LogP contribution in [0.15, 0.2) is 0 Å². The molecule has 0 saturated heterocycles. The van der Waals surface area contributed by atoms with Crippen LogP contribution in [0.4, 0.5) is 0 Å². The van der Waals surface area contributed by atoms with E-state index in [4.69, 9.17) is 5.11 Å². The van der Waals surface area contributed by atoms with Crippen molar-refractivity contribution in [3.05, 3.63) is 0 Å². The van der Waals surface area contributed by atoms with Crippen molar-refractivity contribution in [2.75, 3.05) is 0 Å². The van der Waals surface area contributed by atoms with Gasteiger partial charge in [-0.05, 0) is 32.6 Å². The molecule has 0 spiro atoms. The highest BCUT2D eigenvalue weighted by atomic mass is 16.4. The van der Waals surface area contributed by atoms with Crippen LogP contribution in [0.5, 0.6) is 0 Å². The van der Waals surface area contributed by atoms with E-state index in [1.165, 1.54) is 6.92 Å². The van der Waals surface area contributed by atoms with Gasteiger partial charge in [0, 0.05) is 0 Å². The van der Waals surface area contributed by atoms with E-state index >= 15 is 0 Å². The highest BCUT2D eigenvalue weighted by Crippen LogP contribution is 2.46. The van der Waals surface area contributed by atoms with E-state index in [0.717, 1.165) is 26.2 Å². The van der Waals surface area contributed by atoms with Crippen LogP contribution in [-0.4, -0.2) is 32.9 Å². The first-order valence-electron chi connectivity index (χ1n) is 5.93. The van der Waals surface area contributed by atoms with Gasteiger partial charge < -0.3 is 15.3 Å². The first kappa shape index (κ1) is 14.0. The molecule has 3 N–H and O–H groups in total. The Bertz CT molecular complexity index is 317. The summed E-state index contributed by atoms with van der Waals surface area (Å²) in [5, 5.41) is 28.4. The van der Waals surface area contributed by atoms with Crippen molar-refractivity contribution in [1.82, 2.24) is 0 Å². The molecule has 1 saturated carbocycles. The number of carboxylic acid groups (broad SMARTS) is 2. The zero-order valence-corrected chi connectivity index (χ0v) is 10.3. The highest BCUT2D eigenvalue weighted by Gasteiger charge is 2.58. The van der Waals surface area contributed by atoms with Gasteiger partial charge in [-0.2, -0.15) is 0 Å². The normalized spacial score (nSPS) is 24.6. The van der Waals surface area contributed by atoms with Crippen LogP contribution in [0.3, 0.4) is 0 Å². The van der Waals surface area contributed by atoms with E-state index in [9.17, 15) is 19.8 Å². The standard InChI is InChI=1S/C12H20O5/c1-11(9(13)14,12(2,17)10(15)16)8-6-4-3-5-7-8/h8,17H,3-7H2,1-2H3,(H,13,14)(H,15,16). The van der Waals surface area contributed by atoms with Crippen molar-refractivity contribution in [2.45, 2.75) is 51.6 Å². The number of carbonyl (C=O) groups is 2. The minimum Gasteiger partial charge on any atom is -0.481 e. The highest BCUT2D eigenvalue weighted by molar-refractivity contribution is 5.88. The Kier molecular flexibility index (Phi) is 3.81. The molecule has 0 aromatic heterocycles. The zero-order valence-electron chi connectivity index (χ0n) is 10.3. The molecular formula is C12H20O5. The van der Waals surface area contributed by atoms with E-state index in [1.54, 1.807) is 0 Å². The minimum atomic E-state index is -2.25. The Morgan fingerprint density at radius 1 is 1.00 bits per heavy atom. The van der Waals surface area contributed by atoms with Crippen molar-refractivity contribution in [2.24, 2.45) is 11.3 Å². The smallest absolute Gasteiger partial charge is 0.336 e. The third-order valence-electron chi connectivity index (χ3n) is 4.29. The predicted octanol–water partition coefficient (Wildman–Crippen LogP) is 1.49. The second-order valence-corrected chi connectivity index (χ2v) is 5.22. The summed E-state index contributed by atoms with van der Waals surface area (Å²) < 4.78 is 0. The zero-order chi connectivity index (χ0) is 13.3. The summed E-state index contributed by atoms with van der Waals surface area (Å²) in [6, 6.07) is 0. The third-order valence-corrected chi connectivity index (χ3v) is 4.29. The molecule has 98 valence electrons. The van der Waals surface area contributed by atoms with E-state index in [0.29, 0.717) is 12.8 Å². The van der Waals surface area contributed by atoms with Crippen LogP contribution in [0.2, 0.25) is 0 Å². The van der Waals surface area contributed by atoms with Gasteiger partial charge in [0.25, 0.3) is 0 Å². The first-order valence-corrected chi connectivity index (χ1v) is 5.93. The van der Waals surface area contributed by atoms with Gasteiger partial charge in [0.05, 0.1) is 0 Å². The van der Waals surface area contributed by atoms with Gasteiger partial charge >= 0.3 is 11.9 Å². The molecule has 1 aliphatic carbocycles. The molecule has 1 aliphatic rings. The molecule has 0 radical (unpaired) electrons. The largest absolute Gasteiger partial charge is 0.481 e. The number of aliphatic hydroxyl groups is 1. The Hall–Kier alpha value is -1.10. The molecule has 2 unspecified atom stereocenters. The first-order chi connectivity index (χ1) is 7.74. The quantitative estimate of drug-likeness (QED) is 0.696. The van der Waals surface area contributed by atoms with Crippen LogP contribution in [0, 0.1) is 11.3 Å². The average molecular weight is 244 g/mol. The maximum atomic E-state index is 11.4. The fourth-order valence-electron chi connectivity index (χ4n) is 2.68. The number of aliphatic carboxylic acids is 2. The van der Waals surface area contributed by atoms with Crippen LogP contribution < -0.4 is 0 Å². The van der Waals surface area contributed by atoms with Crippen molar-refractivity contribution in [3.8, 4) is 0 Å². The Morgan fingerprint density at radius 3 is 1.82 bits per heavy atom. The molecule has 0 amide bonds. The van der Waals surface area contributed by atoms with Crippen molar-refractivity contribution < 1.29 is 24.9 Å². The van der Waals surface area contributed by atoms with Gasteiger partial charge in [0.2, 0.25) is 0 Å².